The van der Waals surface area contributed by atoms with E-state index in [1.165, 1.54) is 17.0 Å². The van der Waals surface area contributed by atoms with E-state index in [9.17, 15) is 14.7 Å². The van der Waals surface area contributed by atoms with Crippen LogP contribution < -0.4 is 16.0 Å². The molecule has 6 heteroatoms. The summed E-state index contributed by atoms with van der Waals surface area (Å²) in [6.45, 7) is 3.54. The van der Waals surface area contributed by atoms with Crippen LogP contribution in [-0.2, 0) is 9.59 Å². The molecule has 1 aromatic carbocycles. The topological polar surface area (TPSA) is 95.7 Å². The number of aromatic hydroxyl groups is 1. The number of phenols is 1. The van der Waals surface area contributed by atoms with Gasteiger partial charge in [-0.15, -0.1) is 0 Å². The summed E-state index contributed by atoms with van der Waals surface area (Å²) in [5.41, 5.74) is 6.24. The lowest BCUT2D eigenvalue weighted by molar-refractivity contribution is -0.126. The first-order chi connectivity index (χ1) is 9.32. The van der Waals surface area contributed by atoms with E-state index in [0.717, 1.165) is 0 Å². The molecule has 0 saturated carbocycles. The third kappa shape index (κ3) is 4.24. The van der Waals surface area contributed by atoms with E-state index < -0.39 is 6.04 Å². The molecule has 0 saturated heterocycles. The number of hydrogen-bond donors (Lipinski definition) is 3. The van der Waals surface area contributed by atoms with Gasteiger partial charge < -0.3 is 21.1 Å². The molecule has 0 aliphatic heterocycles. The molecule has 20 heavy (non-hydrogen) atoms. The minimum absolute atomic E-state index is 0.00824. The van der Waals surface area contributed by atoms with Gasteiger partial charge in [0.05, 0.1) is 12.6 Å². The van der Waals surface area contributed by atoms with Gasteiger partial charge in [0.15, 0.2) is 0 Å². The Morgan fingerprint density at radius 3 is 2.60 bits per heavy atom. The van der Waals surface area contributed by atoms with E-state index in [0.29, 0.717) is 5.69 Å². The second kappa shape index (κ2) is 6.91. The largest absolute Gasteiger partial charge is 0.508 e. The Kier molecular flexibility index (Phi) is 5.52. The number of benzene rings is 1. The van der Waals surface area contributed by atoms with Gasteiger partial charge in [0, 0.05) is 18.8 Å². The second-order valence-corrected chi connectivity index (χ2v) is 4.96. The predicted molar refractivity (Wildman–Crippen MR) is 77.3 cm³/mol. The van der Waals surface area contributed by atoms with Gasteiger partial charge in [-0.05, 0) is 18.1 Å². The van der Waals surface area contributed by atoms with Gasteiger partial charge in [0.1, 0.15) is 5.75 Å². The number of nitrogens with one attached hydrogen (secondary N) is 1. The van der Waals surface area contributed by atoms with Crippen molar-refractivity contribution in [3.8, 4) is 5.75 Å². The second-order valence-electron chi connectivity index (χ2n) is 4.96. The number of rotatable bonds is 5. The van der Waals surface area contributed by atoms with Crippen LogP contribution >= 0.6 is 0 Å². The zero-order chi connectivity index (χ0) is 15.3. The summed E-state index contributed by atoms with van der Waals surface area (Å²) in [6.07, 6.45) is 0. The highest BCUT2D eigenvalue weighted by Crippen LogP contribution is 2.18. The lowest BCUT2D eigenvalue weighted by Crippen LogP contribution is -2.47. The molecule has 0 unspecified atom stereocenters. The molecule has 0 aliphatic carbocycles. The molecule has 1 aromatic rings. The number of carbonyl (C=O) groups excluding carboxylic acids is 2. The van der Waals surface area contributed by atoms with E-state index in [-0.39, 0.29) is 30.0 Å². The van der Waals surface area contributed by atoms with Crippen molar-refractivity contribution in [1.29, 1.82) is 0 Å². The normalized spacial score (nSPS) is 12.1. The molecule has 0 fully saturated rings. The number of nitrogens with two attached hydrogens (primary N) is 1. The molecular formula is C14H21N3O3. The zero-order valence-electron chi connectivity index (χ0n) is 12.0. The fourth-order valence-electron chi connectivity index (χ4n) is 1.55. The highest BCUT2D eigenvalue weighted by Gasteiger charge is 2.19. The van der Waals surface area contributed by atoms with Gasteiger partial charge in [-0.1, -0.05) is 19.9 Å². The molecule has 110 valence electrons. The number of anilines is 1. The van der Waals surface area contributed by atoms with Gasteiger partial charge in [0.2, 0.25) is 11.8 Å². The van der Waals surface area contributed by atoms with Crippen molar-refractivity contribution in [3.05, 3.63) is 24.3 Å². The number of amides is 2. The summed E-state index contributed by atoms with van der Waals surface area (Å²) in [6, 6.07) is 5.69. The van der Waals surface area contributed by atoms with Crippen molar-refractivity contribution in [2.45, 2.75) is 19.9 Å². The van der Waals surface area contributed by atoms with Crippen molar-refractivity contribution in [2.24, 2.45) is 11.7 Å². The summed E-state index contributed by atoms with van der Waals surface area (Å²) in [5, 5.41) is 11.9. The van der Waals surface area contributed by atoms with Crippen molar-refractivity contribution >= 4 is 17.5 Å². The Morgan fingerprint density at radius 1 is 1.40 bits per heavy atom. The molecule has 1 atom stereocenters. The van der Waals surface area contributed by atoms with E-state index in [1.54, 1.807) is 19.2 Å². The predicted octanol–water partition coefficient (Wildman–Crippen LogP) is 0.455. The maximum absolute atomic E-state index is 11.9. The quantitative estimate of drug-likeness (QED) is 0.729. The monoisotopic (exact) mass is 279 g/mol. The standard InChI is InChI=1S/C14H21N3O3/c1-9(2)13(15)14(20)16-8-12(19)17(3)10-5-4-6-11(18)7-10/h4-7,9,13,18H,8,15H2,1-3H3,(H,16,20)/t13-/m0/s1. The summed E-state index contributed by atoms with van der Waals surface area (Å²) in [4.78, 5) is 25.0. The highest BCUT2D eigenvalue weighted by atomic mass is 16.3. The lowest BCUT2D eigenvalue weighted by Gasteiger charge is -2.19. The van der Waals surface area contributed by atoms with Crippen LogP contribution in [0.3, 0.4) is 0 Å². The summed E-state index contributed by atoms with van der Waals surface area (Å²) < 4.78 is 0. The average Bonchev–Trinajstić information content (AvgIpc) is 2.42. The Labute approximate surface area is 118 Å². The molecular weight excluding hydrogens is 258 g/mol. The number of nitrogens with zero attached hydrogens (tertiary/aromatic N) is 1. The molecule has 0 aliphatic rings. The smallest absolute Gasteiger partial charge is 0.246 e. The third-order valence-electron chi connectivity index (χ3n) is 3.03. The van der Waals surface area contributed by atoms with Crippen LogP contribution in [0.1, 0.15) is 13.8 Å². The lowest BCUT2D eigenvalue weighted by atomic mass is 10.1. The Hall–Kier alpha value is -2.08. The van der Waals surface area contributed by atoms with Gasteiger partial charge in [-0.25, -0.2) is 0 Å². The Morgan fingerprint density at radius 2 is 2.05 bits per heavy atom. The fraction of sp³-hybridized carbons (Fsp3) is 0.429. The Balaban J connectivity index is 2.57. The first-order valence-electron chi connectivity index (χ1n) is 6.41. The SMILES string of the molecule is CC(C)[C@H](N)C(=O)NCC(=O)N(C)c1cccc(O)c1. The van der Waals surface area contributed by atoms with Crippen LogP contribution in [0.4, 0.5) is 5.69 Å². The van der Waals surface area contributed by atoms with E-state index in [1.807, 2.05) is 13.8 Å². The zero-order valence-corrected chi connectivity index (χ0v) is 12.0. The first kappa shape index (κ1) is 16.0. The van der Waals surface area contributed by atoms with Gasteiger partial charge >= 0.3 is 0 Å². The maximum Gasteiger partial charge on any atom is 0.246 e. The van der Waals surface area contributed by atoms with Gasteiger partial charge in [-0.3, -0.25) is 9.59 Å². The van der Waals surface area contributed by atoms with Crippen LogP contribution in [-0.4, -0.2) is 36.6 Å². The molecule has 0 heterocycles. The van der Waals surface area contributed by atoms with Crippen molar-refractivity contribution < 1.29 is 14.7 Å². The Bertz CT molecular complexity index is 488. The number of phenolic OH excluding ortho intramolecular Hbond substituents is 1. The van der Waals surface area contributed by atoms with Crippen LogP contribution in [0.25, 0.3) is 0 Å². The molecule has 0 radical (unpaired) electrons. The number of likely N-dealkylation sites (N-methyl/N-ethyl adjacent to an activating group) is 1. The highest BCUT2D eigenvalue weighted by molar-refractivity contribution is 5.96. The molecule has 0 bridgehead atoms. The summed E-state index contributed by atoms with van der Waals surface area (Å²) in [5.74, 6) is -0.556. The molecule has 0 aromatic heterocycles. The first-order valence-corrected chi connectivity index (χ1v) is 6.41. The van der Waals surface area contributed by atoms with E-state index >= 15 is 0 Å². The molecule has 4 N–H and O–H groups in total. The van der Waals surface area contributed by atoms with Crippen molar-refractivity contribution in [3.63, 3.8) is 0 Å². The molecule has 6 nitrogen and oxygen atoms in total. The van der Waals surface area contributed by atoms with Gasteiger partial charge in [0.25, 0.3) is 0 Å². The van der Waals surface area contributed by atoms with Crippen LogP contribution in [0.5, 0.6) is 5.75 Å². The average molecular weight is 279 g/mol. The summed E-state index contributed by atoms with van der Waals surface area (Å²) in [7, 11) is 1.58. The fourth-order valence-corrected chi connectivity index (χ4v) is 1.55. The molecule has 2 amide bonds. The van der Waals surface area contributed by atoms with Crippen LogP contribution in [0, 0.1) is 5.92 Å². The maximum atomic E-state index is 11.9. The third-order valence-corrected chi connectivity index (χ3v) is 3.03. The minimum atomic E-state index is -0.631. The van der Waals surface area contributed by atoms with Crippen LogP contribution in [0.15, 0.2) is 24.3 Å². The molecule has 0 spiro atoms. The van der Waals surface area contributed by atoms with Crippen molar-refractivity contribution in [1.82, 2.24) is 5.32 Å². The van der Waals surface area contributed by atoms with Gasteiger partial charge in [-0.2, -0.15) is 0 Å². The minimum Gasteiger partial charge on any atom is -0.508 e. The number of hydrogen-bond acceptors (Lipinski definition) is 4. The summed E-state index contributed by atoms with van der Waals surface area (Å²) >= 11 is 0. The van der Waals surface area contributed by atoms with Crippen LogP contribution in [0.2, 0.25) is 0 Å². The molecule has 1 rings (SSSR count). The van der Waals surface area contributed by atoms with E-state index in [4.69, 9.17) is 5.73 Å². The number of carbonyl (C=O) groups is 2. The van der Waals surface area contributed by atoms with Crippen molar-refractivity contribution in [2.75, 3.05) is 18.5 Å². The van der Waals surface area contributed by atoms with E-state index in [2.05, 4.69) is 5.32 Å².